The average Bonchev–Trinajstić information content (AvgIpc) is 3.12. The number of hydrogen-bond donors (Lipinski definition) is 2. The molecule has 9 nitrogen and oxygen atoms in total. The number of nitrogens with zero attached hydrogens (tertiary/aromatic N) is 3. The molecule has 0 radical (unpaired) electrons. The van der Waals surface area contributed by atoms with E-state index in [-0.39, 0.29) is 18.1 Å². The highest BCUT2D eigenvalue weighted by Crippen LogP contribution is 2.23. The minimum absolute atomic E-state index is 0.0601. The van der Waals surface area contributed by atoms with Crippen molar-refractivity contribution in [1.82, 2.24) is 13.9 Å². The largest absolute Gasteiger partial charge is 0.454 e. The normalized spacial score (nSPS) is 11.8. The number of esters is 1. The predicted molar refractivity (Wildman–Crippen MR) is 117 cm³/mol. The number of carbonyl (C=O) groups excluding carboxylic acids is 1. The van der Waals surface area contributed by atoms with Crippen LogP contribution in [0.2, 0.25) is 0 Å². The number of aliphatic hydroxyl groups excluding tert-OH is 1. The zero-order valence-corrected chi connectivity index (χ0v) is 18.5. The summed E-state index contributed by atoms with van der Waals surface area (Å²) < 4.78 is 33.4. The van der Waals surface area contributed by atoms with Crippen LogP contribution < -0.4 is 5.32 Å². The van der Waals surface area contributed by atoms with Crippen LogP contribution in [-0.2, 0) is 27.9 Å². The van der Waals surface area contributed by atoms with Crippen molar-refractivity contribution in [3.05, 3.63) is 53.9 Å². The van der Waals surface area contributed by atoms with Crippen LogP contribution in [0.15, 0.2) is 47.4 Å². The second kappa shape index (κ2) is 9.46. The predicted octanol–water partition coefficient (Wildman–Crippen LogP) is 2.07. The topological polar surface area (TPSA) is 114 Å². The van der Waals surface area contributed by atoms with Gasteiger partial charge < -0.3 is 19.7 Å². The number of carbonyl (C=O) groups is 1. The fraction of sp³-hybridized carbons (Fsp3) is 0.333. The molecule has 2 N–H and O–H groups in total. The third-order valence-corrected chi connectivity index (χ3v) is 6.61. The summed E-state index contributed by atoms with van der Waals surface area (Å²) in [5, 5.41) is 12.0. The molecular weight excluding hydrogens is 420 g/mol. The van der Waals surface area contributed by atoms with Gasteiger partial charge in [-0.1, -0.05) is 12.1 Å². The van der Waals surface area contributed by atoms with Gasteiger partial charge in [-0.05, 0) is 37.3 Å². The summed E-state index contributed by atoms with van der Waals surface area (Å²) in [6, 6.07) is 11.7. The van der Waals surface area contributed by atoms with Crippen LogP contribution in [0, 0.1) is 0 Å². The standard InChI is InChI=1S/C21H26N4O5S/c1-4-25-19-10-9-15(31(28,29)24(2)3)13-18(19)23-20(25)14-30-21(27)16-7-5-6-8-17(16)22-11-12-26/h5-10,13,22,26H,4,11-12,14H2,1-3H3. The number of para-hydroxylation sites is 1. The van der Waals surface area contributed by atoms with Crippen LogP contribution >= 0.6 is 0 Å². The molecule has 3 rings (SSSR count). The maximum atomic E-state index is 12.6. The van der Waals surface area contributed by atoms with E-state index in [4.69, 9.17) is 9.84 Å². The fourth-order valence-electron chi connectivity index (χ4n) is 3.21. The minimum Gasteiger partial charge on any atom is -0.454 e. The lowest BCUT2D eigenvalue weighted by atomic mass is 10.2. The van der Waals surface area contributed by atoms with E-state index in [1.54, 1.807) is 36.4 Å². The first kappa shape index (κ1) is 22.7. The van der Waals surface area contributed by atoms with E-state index in [9.17, 15) is 13.2 Å². The fourth-order valence-corrected chi connectivity index (χ4v) is 4.13. The molecule has 2 aromatic carbocycles. The van der Waals surface area contributed by atoms with E-state index in [1.807, 2.05) is 11.5 Å². The number of rotatable bonds is 9. The summed E-state index contributed by atoms with van der Waals surface area (Å²) in [4.78, 5) is 17.3. The van der Waals surface area contributed by atoms with Crippen LogP contribution in [-0.4, -0.2) is 60.6 Å². The quantitative estimate of drug-likeness (QED) is 0.484. The second-order valence-corrected chi connectivity index (χ2v) is 9.13. The molecule has 0 unspecified atom stereocenters. The van der Waals surface area contributed by atoms with Crippen molar-refractivity contribution in [2.45, 2.75) is 25.0 Å². The first-order valence-corrected chi connectivity index (χ1v) is 11.3. The summed E-state index contributed by atoms with van der Waals surface area (Å²) >= 11 is 0. The highest BCUT2D eigenvalue weighted by atomic mass is 32.2. The first-order valence-electron chi connectivity index (χ1n) is 9.82. The van der Waals surface area contributed by atoms with Crippen molar-refractivity contribution in [3.63, 3.8) is 0 Å². The number of hydrogen-bond acceptors (Lipinski definition) is 7. The molecule has 0 aliphatic carbocycles. The van der Waals surface area contributed by atoms with Gasteiger partial charge in [0.05, 0.1) is 28.1 Å². The summed E-state index contributed by atoms with van der Waals surface area (Å²) in [5.41, 5.74) is 2.20. The average molecular weight is 447 g/mol. The van der Waals surface area contributed by atoms with Gasteiger partial charge in [0.2, 0.25) is 10.0 Å². The van der Waals surface area contributed by atoms with Gasteiger partial charge >= 0.3 is 5.97 Å². The molecule has 31 heavy (non-hydrogen) atoms. The number of ether oxygens (including phenoxy) is 1. The molecule has 1 aromatic heterocycles. The van der Waals surface area contributed by atoms with Crippen LogP contribution in [0.25, 0.3) is 11.0 Å². The van der Waals surface area contributed by atoms with Crippen molar-refractivity contribution in [2.75, 3.05) is 32.6 Å². The lowest BCUT2D eigenvalue weighted by Gasteiger charge is -2.12. The Morgan fingerprint density at radius 1 is 1.23 bits per heavy atom. The molecular formula is C21H26N4O5S. The molecule has 0 fully saturated rings. The van der Waals surface area contributed by atoms with Crippen molar-refractivity contribution < 1.29 is 23.1 Å². The number of aromatic nitrogens is 2. The molecule has 1 heterocycles. The molecule has 10 heteroatoms. The van der Waals surface area contributed by atoms with E-state index in [2.05, 4.69) is 10.3 Å². The SMILES string of the molecule is CCn1c(COC(=O)c2ccccc2NCCO)nc2cc(S(=O)(=O)N(C)C)ccc21. The van der Waals surface area contributed by atoms with Crippen LogP contribution in [0.1, 0.15) is 23.1 Å². The molecule has 0 atom stereocenters. The Kier molecular flexibility index (Phi) is 6.94. The highest BCUT2D eigenvalue weighted by molar-refractivity contribution is 7.89. The lowest BCUT2D eigenvalue weighted by molar-refractivity contribution is 0.0460. The van der Waals surface area contributed by atoms with E-state index in [0.717, 1.165) is 9.82 Å². The molecule has 0 aliphatic rings. The second-order valence-electron chi connectivity index (χ2n) is 6.98. The van der Waals surface area contributed by atoms with E-state index >= 15 is 0 Å². The Morgan fingerprint density at radius 3 is 2.65 bits per heavy atom. The van der Waals surface area contributed by atoms with Gasteiger partial charge in [0, 0.05) is 32.9 Å². The zero-order valence-electron chi connectivity index (χ0n) is 17.7. The summed E-state index contributed by atoms with van der Waals surface area (Å²) in [7, 11) is -0.630. The minimum atomic E-state index is -3.58. The summed E-state index contributed by atoms with van der Waals surface area (Å²) in [5.74, 6) is -0.00215. The van der Waals surface area contributed by atoms with E-state index < -0.39 is 16.0 Å². The summed E-state index contributed by atoms with van der Waals surface area (Å²) in [6.07, 6.45) is 0. The van der Waals surface area contributed by atoms with Gasteiger partial charge in [-0.3, -0.25) is 0 Å². The summed E-state index contributed by atoms with van der Waals surface area (Å²) in [6.45, 7) is 2.71. The monoisotopic (exact) mass is 446 g/mol. The van der Waals surface area contributed by atoms with Crippen LogP contribution in [0.4, 0.5) is 5.69 Å². The van der Waals surface area contributed by atoms with Crippen molar-refractivity contribution in [3.8, 4) is 0 Å². The highest BCUT2D eigenvalue weighted by Gasteiger charge is 2.20. The number of aliphatic hydroxyl groups is 1. The Morgan fingerprint density at radius 2 is 1.97 bits per heavy atom. The third kappa shape index (κ3) is 4.71. The molecule has 0 aliphatic heterocycles. The van der Waals surface area contributed by atoms with Crippen molar-refractivity contribution >= 4 is 32.7 Å². The number of aryl methyl sites for hydroxylation is 1. The molecule has 0 amide bonds. The number of fused-ring (bicyclic) bond motifs is 1. The van der Waals surface area contributed by atoms with Gasteiger partial charge in [-0.15, -0.1) is 0 Å². The smallest absolute Gasteiger partial charge is 0.340 e. The van der Waals surface area contributed by atoms with Crippen LogP contribution in [0.3, 0.4) is 0 Å². The van der Waals surface area contributed by atoms with Crippen LogP contribution in [0.5, 0.6) is 0 Å². The zero-order chi connectivity index (χ0) is 22.6. The maximum absolute atomic E-state index is 12.6. The van der Waals surface area contributed by atoms with Crippen molar-refractivity contribution in [1.29, 1.82) is 0 Å². The Labute approximate surface area is 181 Å². The molecule has 0 saturated heterocycles. The molecule has 166 valence electrons. The van der Waals surface area contributed by atoms with Gasteiger partial charge in [0.1, 0.15) is 12.4 Å². The number of anilines is 1. The number of imidazole rings is 1. The van der Waals surface area contributed by atoms with Crippen molar-refractivity contribution in [2.24, 2.45) is 0 Å². The van der Waals surface area contributed by atoms with Gasteiger partial charge in [-0.2, -0.15) is 0 Å². The van der Waals surface area contributed by atoms with Gasteiger partial charge in [0.15, 0.2) is 0 Å². The van der Waals surface area contributed by atoms with E-state index in [0.29, 0.717) is 35.7 Å². The third-order valence-electron chi connectivity index (χ3n) is 4.80. The number of benzene rings is 2. The molecule has 0 spiro atoms. The number of sulfonamides is 1. The molecule has 3 aromatic rings. The first-order chi connectivity index (χ1) is 14.8. The maximum Gasteiger partial charge on any atom is 0.340 e. The lowest BCUT2D eigenvalue weighted by Crippen LogP contribution is -2.22. The van der Waals surface area contributed by atoms with Gasteiger partial charge in [-0.25, -0.2) is 22.5 Å². The molecule has 0 bridgehead atoms. The van der Waals surface area contributed by atoms with E-state index in [1.165, 1.54) is 20.2 Å². The Balaban J connectivity index is 1.86. The Bertz CT molecular complexity index is 1190. The molecule has 0 saturated carbocycles. The Hall–Kier alpha value is -2.95. The number of nitrogens with one attached hydrogen (secondary N) is 1. The van der Waals surface area contributed by atoms with Gasteiger partial charge in [0.25, 0.3) is 0 Å².